The molecule has 3 nitrogen and oxygen atoms in total. The topological polar surface area (TPSA) is 37.4 Å². The number of piperidine rings is 1. The molecule has 0 radical (unpaired) electrons. The fourth-order valence-corrected chi connectivity index (χ4v) is 2.54. The van der Waals surface area contributed by atoms with E-state index in [9.17, 15) is 9.59 Å². The van der Waals surface area contributed by atoms with Crippen LogP contribution in [0.4, 0.5) is 0 Å². The zero-order chi connectivity index (χ0) is 14.5. The van der Waals surface area contributed by atoms with Crippen LogP contribution in [0.5, 0.6) is 0 Å². The van der Waals surface area contributed by atoms with Gasteiger partial charge < -0.3 is 4.90 Å². The van der Waals surface area contributed by atoms with E-state index in [2.05, 4.69) is 6.92 Å². The summed E-state index contributed by atoms with van der Waals surface area (Å²) in [6, 6.07) is 6.81. The molecule has 20 heavy (non-hydrogen) atoms. The van der Waals surface area contributed by atoms with Crippen LogP contribution < -0.4 is 0 Å². The van der Waals surface area contributed by atoms with Crippen LogP contribution in [0.3, 0.4) is 0 Å². The summed E-state index contributed by atoms with van der Waals surface area (Å²) in [4.78, 5) is 25.9. The quantitative estimate of drug-likeness (QED) is 0.796. The summed E-state index contributed by atoms with van der Waals surface area (Å²) >= 11 is 5.79. The van der Waals surface area contributed by atoms with Crippen molar-refractivity contribution in [1.82, 2.24) is 4.90 Å². The number of benzene rings is 1. The van der Waals surface area contributed by atoms with Gasteiger partial charge in [0.15, 0.2) is 5.78 Å². The highest BCUT2D eigenvalue weighted by atomic mass is 35.5. The van der Waals surface area contributed by atoms with Crippen molar-refractivity contribution in [2.45, 2.75) is 32.6 Å². The third kappa shape index (κ3) is 4.07. The second-order valence-electron chi connectivity index (χ2n) is 5.49. The van der Waals surface area contributed by atoms with Gasteiger partial charge in [0.25, 0.3) is 0 Å². The Labute approximate surface area is 124 Å². The van der Waals surface area contributed by atoms with Crippen molar-refractivity contribution in [1.29, 1.82) is 0 Å². The van der Waals surface area contributed by atoms with Crippen molar-refractivity contribution in [3.63, 3.8) is 0 Å². The number of amides is 1. The van der Waals surface area contributed by atoms with Gasteiger partial charge in [0, 0.05) is 36.5 Å². The van der Waals surface area contributed by atoms with Gasteiger partial charge in [0.1, 0.15) is 0 Å². The number of likely N-dealkylation sites (tertiary alicyclic amines) is 1. The average Bonchev–Trinajstić information content (AvgIpc) is 2.46. The fraction of sp³-hybridized carbons (Fsp3) is 0.500. The van der Waals surface area contributed by atoms with Crippen molar-refractivity contribution in [3.8, 4) is 0 Å². The maximum Gasteiger partial charge on any atom is 0.223 e. The first kappa shape index (κ1) is 15.0. The summed E-state index contributed by atoms with van der Waals surface area (Å²) in [5.41, 5.74) is 0.620. The number of Topliss-reactive ketones (excluding diaryl/α,β-unsaturated/α-hetero) is 1. The van der Waals surface area contributed by atoms with E-state index in [1.54, 1.807) is 24.3 Å². The fourth-order valence-electron chi connectivity index (χ4n) is 2.42. The molecular formula is C16H20ClNO2. The summed E-state index contributed by atoms with van der Waals surface area (Å²) in [5, 5.41) is 0.611. The lowest BCUT2D eigenvalue weighted by atomic mass is 9.98. The van der Waals surface area contributed by atoms with Crippen molar-refractivity contribution >= 4 is 23.3 Å². The molecule has 1 aliphatic rings. The summed E-state index contributed by atoms with van der Waals surface area (Å²) in [6.45, 7) is 3.87. The Kier molecular flexibility index (Phi) is 5.18. The summed E-state index contributed by atoms with van der Waals surface area (Å²) in [6.07, 6.45) is 2.70. The highest BCUT2D eigenvalue weighted by Gasteiger charge is 2.20. The third-order valence-corrected chi connectivity index (χ3v) is 4.12. The van der Waals surface area contributed by atoms with Crippen LogP contribution in [0.2, 0.25) is 5.02 Å². The largest absolute Gasteiger partial charge is 0.343 e. The maximum absolute atomic E-state index is 12.0. The first-order valence-electron chi connectivity index (χ1n) is 7.13. The number of hydrogen-bond acceptors (Lipinski definition) is 2. The minimum absolute atomic E-state index is 0.000365. The zero-order valence-corrected chi connectivity index (χ0v) is 12.5. The number of carbonyl (C=O) groups is 2. The Hall–Kier alpha value is -1.35. The SMILES string of the molecule is CC1CCN(C(=O)CCC(=O)c2ccc(Cl)cc2)CC1. The van der Waals surface area contributed by atoms with Crippen LogP contribution in [0.25, 0.3) is 0 Å². The van der Waals surface area contributed by atoms with Gasteiger partial charge in [-0.25, -0.2) is 0 Å². The van der Waals surface area contributed by atoms with Gasteiger partial charge in [-0.3, -0.25) is 9.59 Å². The smallest absolute Gasteiger partial charge is 0.223 e. The van der Waals surface area contributed by atoms with E-state index in [0.717, 1.165) is 25.9 Å². The number of rotatable bonds is 4. The molecule has 1 saturated heterocycles. The molecule has 0 aliphatic carbocycles. The van der Waals surface area contributed by atoms with Crippen LogP contribution in [0.15, 0.2) is 24.3 Å². The zero-order valence-electron chi connectivity index (χ0n) is 11.8. The Morgan fingerprint density at radius 1 is 1.15 bits per heavy atom. The molecule has 1 aromatic carbocycles. The molecule has 1 aromatic rings. The van der Waals surface area contributed by atoms with Crippen LogP contribution in [-0.2, 0) is 4.79 Å². The molecule has 0 unspecified atom stereocenters. The lowest BCUT2D eigenvalue weighted by molar-refractivity contribution is -0.132. The third-order valence-electron chi connectivity index (χ3n) is 3.87. The Morgan fingerprint density at radius 3 is 2.35 bits per heavy atom. The molecule has 0 aromatic heterocycles. The van der Waals surface area contributed by atoms with Crippen molar-refractivity contribution in [3.05, 3.63) is 34.9 Å². The summed E-state index contributed by atoms with van der Waals surface area (Å²) in [7, 11) is 0. The molecule has 1 aliphatic heterocycles. The Morgan fingerprint density at radius 2 is 1.75 bits per heavy atom. The number of halogens is 1. The van der Waals surface area contributed by atoms with E-state index < -0.39 is 0 Å². The van der Waals surface area contributed by atoms with E-state index in [4.69, 9.17) is 11.6 Å². The monoisotopic (exact) mass is 293 g/mol. The molecule has 2 rings (SSSR count). The molecule has 1 fully saturated rings. The van der Waals surface area contributed by atoms with E-state index >= 15 is 0 Å². The molecule has 1 amide bonds. The average molecular weight is 294 g/mol. The first-order chi connectivity index (χ1) is 9.56. The van der Waals surface area contributed by atoms with Crippen LogP contribution in [0.1, 0.15) is 43.0 Å². The van der Waals surface area contributed by atoms with Crippen molar-refractivity contribution in [2.75, 3.05) is 13.1 Å². The molecular weight excluding hydrogens is 274 g/mol. The maximum atomic E-state index is 12.0. The second-order valence-corrected chi connectivity index (χ2v) is 5.93. The van der Waals surface area contributed by atoms with E-state index in [-0.39, 0.29) is 18.1 Å². The van der Waals surface area contributed by atoms with E-state index in [0.29, 0.717) is 22.9 Å². The van der Waals surface area contributed by atoms with Gasteiger partial charge in [-0.15, -0.1) is 0 Å². The van der Waals surface area contributed by atoms with Crippen LogP contribution in [0, 0.1) is 5.92 Å². The molecule has 0 spiro atoms. The van der Waals surface area contributed by atoms with Gasteiger partial charge in [0.05, 0.1) is 0 Å². The minimum Gasteiger partial charge on any atom is -0.343 e. The standard InChI is InChI=1S/C16H20ClNO2/c1-12-8-10-18(11-9-12)16(20)7-6-15(19)13-2-4-14(17)5-3-13/h2-5,12H,6-11H2,1H3. The Bertz CT molecular complexity index is 476. The highest BCUT2D eigenvalue weighted by Crippen LogP contribution is 2.17. The predicted octanol–water partition coefficient (Wildman–Crippen LogP) is 3.56. The van der Waals surface area contributed by atoms with Crippen LogP contribution in [-0.4, -0.2) is 29.7 Å². The second kappa shape index (κ2) is 6.89. The molecule has 4 heteroatoms. The molecule has 0 atom stereocenters. The number of hydrogen-bond donors (Lipinski definition) is 0. The predicted molar refractivity (Wildman–Crippen MR) is 80.0 cm³/mol. The summed E-state index contributed by atoms with van der Waals surface area (Å²) < 4.78 is 0. The number of carbonyl (C=O) groups excluding carboxylic acids is 2. The molecule has 108 valence electrons. The van der Waals surface area contributed by atoms with Gasteiger partial charge >= 0.3 is 0 Å². The minimum atomic E-state index is 0.000365. The normalized spacial score (nSPS) is 16.2. The number of nitrogens with zero attached hydrogens (tertiary/aromatic N) is 1. The van der Waals surface area contributed by atoms with Crippen molar-refractivity contribution < 1.29 is 9.59 Å². The molecule has 1 heterocycles. The van der Waals surface area contributed by atoms with Gasteiger partial charge in [-0.2, -0.15) is 0 Å². The molecule has 0 N–H and O–H groups in total. The lowest BCUT2D eigenvalue weighted by Crippen LogP contribution is -2.38. The summed E-state index contributed by atoms with van der Waals surface area (Å²) in [5.74, 6) is 0.800. The molecule has 0 saturated carbocycles. The Balaban J connectivity index is 1.81. The van der Waals surface area contributed by atoms with Gasteiger partial charge in [-0.05, 0) is 43.0 Å². The van der Waals surface area contributed by atoms with Gasteiger partial charge in [0.2, 0.25) is 5.91 Å². The lowest BCUT2D eigenvalue weighted by Gasteiger charge is -2.30. The van der Waals surface area contributed by atoms with E-state index in [1.807, 2.05) is 4.90 Å². The molecule has 0 bridgehead atoms. The first-order valence-corrected chi connectivity index (χ1v) is 7.50. The number of ketones is 1. The van der Waals surface area contributed by atoms with Gasteiger partial charge in [-0.1, -0.05) is 18.5 Å². The van der Waals surface area contributed by atoms with E-state index in [1.165, 1.54) is 0 Å². The van der Waals surface area contributed by atoms with Crippen LogP contribution >= 0.6 is 11.6 Å². The van der Waals surface area contributed by atoms with Crippen molar-refractivity contribution in [2.24, 2.45) is 5.92 Å². The highest BCUT2D eigenvalue weighted by molar-refractivity contribution is 6.30.